The molecule has 0 aromatic carbocycles. The molecular weight excluding hydrogens is 212 g/mol. The first-order chi connectivity index (χ1) is 8.08. The number of likely N-dealkylation sites (N-methyl/N-ethyl adjacent to an activating group) is 1. The van der Waals surface area contributed by atoms with Gasteiger partial charge in [-0.2, -0.15) is 0 Å². The second kappa shape index (κ2) is 6.72. The topological polar surface area (TPSA) is 24.5 Å². The van der Waals surface area contributed by atoms with Crippen molar-refractivity contribution in [1.82, 2.24) is 10.2 Å². The first-order valence-electron chi connectivity index (χ1n) is 7.09. The molecule has 1 fully saturated rings. The van der Waals surface area contributed by atoms with Gasteiger partial charge in [-0.05, 0) is 39.7 Å². The van der Waals surface area contributed by atoms with E-state index in [-0.39, 0.29) is 5.54 Å². The molecule has 0 aromatic heterocycles. The van der Waals surface area contributed by atoms with E-state index in [9.17, 15) is 0 Å². The van der Waals surface area contributed by atoms with Crippen molar-refractivity contribution in [3.63, 3.8) is 0 Å². The van der Waals surface area contributed by atoms with Crippen molar-refractivity contribution >= 4 is 0 Å². The maximum absolute atomic E-state index is 5.45. The largest absolute Gasteiger partial charge is 0.381 e. The number of rotatable bonds is 6. The Morgan fingerprint density at radius 2 is 1.94 bits per heavy atom. The van der Waals surface area contributed by atoms with Crippen LogP contribution >= 0.6 is 0 Å². The SMILES string of the molecule is CCNC(C)C(C)(CC)N1CCC(OC)CC1. The molecule has 2 unspecified atom stereocenters. The molecule has 0 saturated carbocycles. The van der Waals surface area contributed by atoms with Crippen LogP contribution in [-0.4, -0.2) is 49.3 Å². The number of nitrogens with one attached hydrogen (secondary N) is 1. The highest BCUT2D eigenvalue weighted by atomic mass is 16.5. The highest BCUT2D eigenvalue weighted by Gasteiger charge is 2.37. The van der Waals surface area contributed by atoms with Crippen LogP contribution in [0.2, 0.25) is 0 Å². The molecule has 0 bridgehead atoms. The van der Waals surface area contributed by atoms with Crippen molar-refractivity contribution in [2.45, 2.75) is 64.6 Å². The van der Waals surface area contributed by atoms with E-state index < -0.39 is 0 Å². The van der Waals surface area contributed by atoms with Crippen molar-refractivity contribution in [2.75, 3.05) is 26.7 Å². The summed E-state index contributed by atoms with van der Waals surface area (Å²) >= 11 is 0. The van der Waals surface area contributed by atoms with Crippen molar-refractivity contribution in [3.05, 3.63) is 0 Å². The Bertz CT molecular complexity index is 214. The molecule has 17 heavy (non-hydrogen) atoms. The van der Waals surface area contributed by atoms with Gasteiger partial charge in [-0.15, -0.1) is 0 Å². The van der Waals surface area contributed by atoms with Gasteiger partial charge in [0.15, 0.2) is 0 Å². The predicted molar refractivity (Wildman–Crippen MR) is 73.4 cm³/mol. The molecule has 1 saturated heterocycles. The van der Waals surface area contributed by atoms with Crippen molar-refractivity contribution < 1.29 is 4.74 Å². The molecule has 1 aliphatic heterocycles. The lowest BCUT2D eigenvalue weighted by Gasteiger charge is -2.48. The Hall–Kier alpha value is -0.120. The van der Waals surface area contributed by atoms with Crippen molar-refractivity contribution in [3.8, 4) is 0 Å². The van der Waals surface area contributed by atoms with E-state index in [1.54, 1.807) is 0 Å². The van der Waals surface area contributed by atoms with Gasteiger partial charge in [-0.25, -0.2) is 0 Å². The highest BCUT2D eigenvalue weighted by molar-refractivity contribution is 4.95. The number of methoxy groups -OCH3 is 1. The summed E-state index contributed by atoms with van der Waals surface area (Å²) in [6.45, 7) is 12.6. The fourth-order valence-corrected chi connectivity index (χ4v) is 2.93. The van der Waals surface area contributed by atoms with Crippen LogP contribution in [0, 0.1) is 0 Å². The second-order valence-electron chi connectivity index (χ2n) is 5.41. The summed E-state index contributed by atoms with van der Waals surface area (Å²) in [5.74, 6) is 0. The number of ether oxygens (including phenoxy) is 1. The minimum Gasteiger partial charge on any atom is -0.381 e. The van der Waals surface area contributed by atoms with Crippen molar-refractivity contribution in [1.29, 1.82) is 0 Å². The third-order valence-electron chi connectivity index (χ3n) is 4.66. The Morgan fingerprint density at radius 3 is 2.35 bits per heavy atom. The molecule has 0 aromatic rings. The maximum atomic E-state index is 5.45. The molecule has 0 radical (unpaired) electrons. The van der Waals surface area contributed by atoms with Crippen LogP contribution in [0.25, 0.3) is 0 Å². The average Bonchev–Trinajstić information content (AvgIpc) is 2.38. The lowest BCUT2D eigenvalue weighted by Crippen LogP contribution is -2.60. The average molecular weight is 242 g/mol. The molecule has 1 rings (SSSR count). The Labute approximate surface area is 107 Å². The van der Waals surface area contributed by atoms with Gasteiger partial charge >= 0.3 is 0 Å². The molecule has 2 atom stereocenters. The van der Waals surface area contributed by atoms with Gasteiger partial charge in [0.05, 0.1) is 6.10 Å². The molecule has 1 aliphatic rings. The maximum Gasteiger partial charge on any atom is 0.0595 e. The van der Waals surface area contributed by atoms with Gasteiger partial charge in [-0.3, -0.25) is 4.90 Å². The molecule has 0 spiro atoms. The molecule has 102 valence electrons. The van der Waals surface area contributed by atoms with Gasteiger partial charge in [0.2, 0.25) is 0 Å². The lowest BCUT2D eigenvalue weighted by molar-refractivity contribution is -0.0118. The summed E-state index contributed by atoms with van der Waals surface area (Å²) in [6.07, 6.45) is 4.01. The quantitative estimate of drug-likeness (QED) is 0.773. The third kappa shape index (κ3) is 3.43. The van der Waals surface area contributed by atoms with Gasteiger partial charge in [0, 0.05) is 31.8 Å². The molecule has 3 nitrogen and oxygen atoms in total. The number of piperidine rings is 1. The molecule has 0 aliphatic carbocycles. The van der Waals surface area contributed by atoms with Crippen LogP contribution in [0.5, 0.6) is 0 Å². The summed E-state index contributed by atoms with van der Waals surface area (Å²) in [5.41, 5.74) is 0.273. The zero-order valence-corrected chi connectivity index (χ0v) is 12.3. The predicted octanol–water partition coefficient (Wildman–Crippen LogP) is 2.26. The van der Waals surface area contributed by atoms with E-state index in [0.29, 0.717) is 12.1 Å². The summed E-state index contributed by atoms with van der Waals surface area (Å²) in [6, 6.07) is 0.539. The summed E-state index contributed by atoms with van der Waals surface area (Å²) in [5, 5.41) is 3.59. The molecule has 0 amide bonds. The summed E-state index contributed by atoms with van der Waals surface area (Å²) in [7, 11) is 1.83. The number of nitrogens with zero attached hydrogens (tertiary/aromatic N) is 1. The van der Waals surface area contributed by atoms with Crippen LogP contribution in [0.3, 0.4) is 0 Å². The monoisotopic (exact) mass is 242 g/mol. The molecule has 3 heteroatoms. The third-order valence-corrected chi connectivity index (χ3v) is 4.66. The van der Waals surface area contributed by atoms with Crippen LogP contribution in [0.1, 0.15) is 47.0 Å². The van der Waals surface area contributed by atoms with Gasteiger partial charge < -0.3 is 10.1 Å². The number of likely N-dealkylation sites (tertiary alicyclic amines) is 1. The highest BCUT2D eigenvalue weighted by Crippen LogP contribution is 2.28. The van der Waals surface area contributed by atoms with Gasteiger partial charge in [-0.1, -0.05) is 13.8 Å². The van der Waals surface area contributed by atoms with E-state index in [1.807, 2.05) is 7.11 Å². The Morgan fingerprint density at radius 1 is 1.35 bits per heavy atom. The first-order valence-corrected chi connectivity index (χ1v) is 7.09. The van der Waals surface area contributed by atoms with Crippen LogP contribution in [0.4, 0.5) is 0 Å². The number of hydrogen-bond acceptors (Lipinski definition) is 3. The minimum absolute atomic E-state index is 0.273. The number of hydrogen-bond donors (Lipinski definition) is 1. The fraction of sp³-hybridized carbons (Fsp3) is 1.00. The van der Waals surface area contributed by atoms with E-state index in [4.69, 9.17) is 4.74 Å². The van der Waals surface area contributed by atoms with E-state index in [2.05, 4.69) is 37.9 Å². The molecule has 1 N–H and O–H groups in total. The van der Waals surface area contributed by atoms with Crippen LogP contribution in [0.15, 0.2) is 0 Å². The molecular formula is C14H30N2O. The van der Waals surface area contributed by atoms with Crippen molar-refractivity contribution in [2.24, 2.45) is 0 Å². The van der Waals surface area contributed by atoms with E-state index in [1.165, 1.54) is 32.4 Å². The van der Waals surface area contributed by atoms with E-state index in [0.717, 1.165) is 6.54 Å². The Kier molecular flexibility index (Phi) is 5.90. The summed E-state index contributed by atoms with van der Waals surface area (Å²) in [4.78, 5) is 2.65. The van der Waals surface area contributed by atoms with Gasteiger partial charge in [0.25, 0.3) is 0 Å². The zero-order chi connectivity index (χ0) is 12.9. The van der Waals surface area contributed by atoms with Crippen LogP contribution < -0.4 is 5.32 Å². The summed E-state index contributed by atoms with van der Waals surface area (Å²) < 4.78 is 5.45. The Balaban J connectivity index is 2.61. The minimum atomic E-state index is 0.273. The van der Waals surface area contributed by atoms with Crippen LogP contribution in [-0.2, 0) is 4.74 Å². The normalized spacial score (nSPS) is 24.5. The lowest BCUT2D eigenvalue weighted by atomic mass is 9.86. The zero-order valence-electron chi connectivity index (χ0n) is 12.3. The second-order valence-corrected chi connectivity index (χ2v) is 5.41. The smallest absolute Gasteiger partial charge is 0.0595 e. The van der Waals surface area contributed by atoms with Gasteiger partial charge in [0.1, 0.15) is 0 Å². The first kappa shape index (κ1) is 14.9. The van der Waals surface area contributed by atoms with E-state index >= 15 is 0 Å². The fourth-order valence-electron chi connectivity index (χ4n) is 2.93. The standard InChI is InChI=1S/C14H30N2O/c1-6-14(4,12(3)15-7-2)16-10-8-13(17-5)9-11-16/h12-13,15H,6-11H2,1-5H3. The molecule has 1 heterocycles.